The number of nitrogens with two attached hydrogens (primary N) is 1. The van der Waals surface area contributed by atoms with Crippen molar-refractivity contribution in [1.82, 2.24) is 0 Å². The molecule has 2 N–H and O–H groups in total. The van der Waals surface area contributed by atoms with Gasteiger partial charge in [-0.25, -0.2) is 0 Å². The number of hydrogen-bond donors (Lipinski definition) is 1. The first-order valence-electron chi connectivity index (χ1n) is 6.06. The Kier molecular flexibility index (Phi) is 2.06. The number of hydrogen-bond acceptors (Lipinski definition) is 1. The van der Waals surface area contributed by atoms with Crippen LogP contribution < -0.4 is 5.73 Å². The fourth-order valence-electron chi connectivity index (χ4n) is 3.30. The lowest BCUT2D eigenvalue weighted by molar-refractivity contribution is 0.154. The first-order valence-corrected chi connectivity index (χ1v) is 6.06. The summed E-state index contributed by atoms with van der Waals surface area (Å²) in [6.07, 6.45) is 6.68. The molecule has 0 bridgehead atoms. The van der Waals surface area contributed by atoms with Gasteiger partial charge in [0.15, 0.2) is 0 Å². The van der Waals surface area contributed by atoms with Gasteiger partial charge >= 0.3 is 0 Å². The molecule has 0 amide bonds. The van der Waals surface area contributed by atoms with Crippen molar-refractivity contribution < 1.29 is 0 Å². The lowest BCUT2D eigenvalue weighted by atomic mass is 9.69. The topological polar surface area (TPSA) is 26.0 Å². The van der Waals surface area contributed by atoms with Crippen LogP contribution in [0.2, 0.25) is 0 Å². The lowest BCUT2D eigenvalue weighted by Crippen LogP contribution is -2.40. The maximum atomic E-state index is 6.49. The molecule has 82 valence electrons. The molecule has 2 aliphatic carbocycles. The van der Waals surface area contributed by atoms with Gasteiger partial charge in [0, 0.05) is 5.54 Å². The summed E-state index contributed by atoms with van der Waals surface area (Å²) in [6, 6.07) is 0. The summed E-state index contributed by atoms with van der Waals surface area (Å²) in [5.74, 6) is 0.797. The Morgan fingerprint density at radius 1 is 1.00 bits per heavy atom. The van der Waals surface area contributed by atoms with Crippen LogP contribution in [0.1, 0.15) is 59.8 Å². The minimum absolute atomic E-state index is 0.184. The third-order valence-corrected chi connectivity index (χ3v) is 4.94. The summed E-state index contributed by atoms with van der Waals surface area (Å²) in [5.41, 5.74) is 7.66. The normalized spacial score (nSPS) is 40.9. The first-order chi connectivity index (χ1) is 6.27. The molecule has 2 fully saturated rings. The van der Waals surface area contributed by atoms with Crippen molar-refractivity contribution >= 4 is 0 Å². The Morgan fingerprint density at radius 3 is 1.79 bits per heavy atom. The zero-order valence-corrected chi connectivity index (χ0v) is 10.2. The Morgan fingerprint density at radius 2 is 1.43 bits per heavy atom. The van der Waals surface area contributed by atoms with Crippen LogP contribution >= 0.6 is 0 Å². The minimum atomic E-state index is 0.184. The lowest BCUT2D eigenvalue weighted by Gasteiger charge is -2.38. The molecule has 0 aromatic heterocycles. The molecule has 0 saturated heterocycles. The van der Waals surface area contributed by atoms with Gasteiger partial charge in [-0.3, -0.25) is 0 Å². The van der Waals surface area contributed by atoms with Crippen molar-refractivity contribution in [2.75, 3.05) is 0 Å². The SMILES string of the molecule is CC1(C)CCC(C2(N)CC2(C)C)CC1. The molecule has 0 aromatic carbocycles. The molecular weight excluding hydrogens is 170 g/mol. The van der Waals surface area contributed by atoms with E-state index in [1.807, 2.05) is 0 Å². The molecule has 0 spiro atoms. The molecule has 1 unspecified atom stereocenters. The van der Waals surface area contributed by atoms with Gasteiger partial charge in [0.05, 0.1) is 0 Å². The maximum Gasteiger partial charge on any atom is 0.0241 e. The largest absolute Gasteiger partial charge is 0.324 e. The van der Waals surface area contributed by atoms with Crippen LogP contribution in [0.5, 0.6) is 0 Å². The van der Waals surface area contributed by atoms with E-state index in [0.29, 0.717) is 10.8 Å². The zero-order chi connectivity index (χ0) is 10.6. The van der Waals surface area contributed by atoms with E-state index in [4.69, 9.17) is 5.73 Å². The van der Waals surface area contributed by atoms with E-state index in [1.165, 1.54) is 32.1 Å². The molecule has 1 heteroatoms. The standard InChI is InChI=1S/C13H25N/c1-11(2)7-5-10(6-8-11)13(14)9-12(13,3)4/h10H,5-9,14H2,1-4H3. The van der Waals surface area contributed by atoms with E-state index in [0.717, 1.165) is 5.92 Å². The van der Waals surface area contributed by atoms with E-state index >= 15 is 0 Å². The van der Waals surface area contributed by atoms with Gasteiger partial charge < -0.3 is 5.73 Å². The molecule has 14 heavy (non-hydrogen) atoms. The Balaban J connectivity index is 1.98. The van der Waals surface area contributed by atoms with Crippen molar-refractivity contribution in [2.24, 2.45) is 22.5 Å². The second kappa shape index (κ2) is 2.75. The van der Waals surface area contributed by atoms with Gasteiger partial charge in [-0.15, -0.1) is 0 Å². The highest BCUT2D eigenvalue weighted by Crippen LogP contribution is 2.61. The molecular formula is C13H25N. The van der Waals surface area contributed by atoms with Crippen molar-refractivity contribution in [3.05, 3.63) is 0 Å². The van der Waals surface area contributed by atoms with E-state index in [-0.39, 0.29) is 5.54 Å². The van der Waals surface area contributed by atoms with E-state index in [9.17, 15) is 0 Å². The third-order valence-electron chi connectivity index (χ3n) is 4.94. The van der Waals surface area contributed by atoms with Gasteiger partial charge in [0.2, 0.25) is 0 Å². The van der Waals surface area contributed by atoms with Gasteiger partial charge in [0.25, 0.3) is 0 Å². The molecule has 0 aromatic rings. The quantitative estimate of drug-likeness (QED) is 0.682. The van der Waals surface area contributed by atoms with Crippen LogP contribution in [0, 0.1) is 16.7 Å². The van der Waals surface area contributed by atoms with Crippen LogP contribution in [0.3, 0.4) is 0 Å². The maximum absolute atomic E-state index is 6.49. The van der Waals surface area contributed by atoms with Crippen molar-refractivity contribution in [3.8, 4) is 0 Å². The Hall–Kier alpha value is -0.0400. The second-order valence-electron chi connectivity index (χ2n) is 7.04. The van der Waals surface area contributed by atoms with Crippen molar-refractivity contribution in [1.29, 1.82) is 0 Å². The van der Waals surface area contributed by atoms with Crippen LogP contribution in [0.25, 0.3) is 0 Å². The van der Waals surface area contributed by atoms with Crippen LogP contribution in [-0.4, -0.2) is 5.54 Å². The monoisotopic (exact) mass is 195 g/mol. The van der Waals surface area contributed by atoms with Gasteiger partial charge in [0.1, 0.15) is 0 Å². The summed E-state index contributed by atoms with van der Waals surface area (Å²) < 4.78 is 0. The summed E-state index contributed by atoms with van der Waals surface area (Å²) >= 11 is 0. The first kappa shape index (κ1) is 10.5. The molecule has 2 aliphatic rings. The van der Waals surface area contributed by atoms with Crippen LogP contribution in [-0.2, 0) is 0 Å². The smallest absolute Gasteiger partial charge is 0.0241 e. The number of rotatable bonds is 1. The molecule has 2 rings (SSSR count). The predicted molar refractivity (Wildman–Crippen MR) is 61.1 cm³/mol. The Bertz CT molecular complexity index is 232. The third kappa shape index (κ3) is 1.50. The van der Waals surface area contributed by atoms with Gasteiger partial charge in [-0.2, -0.15) is 0 Å². The Labute approximate surface area is 88.4 Å². The van der Waals surface area contributed by atoms with Gasteiger partial charge in [-0.1, -0.05) is 27.7 Å². The fraction of sp³-hybridized carbons (Fsp3) is 1.00. The molecule has 0 radical (unpaired) electrons. The summed E-state index contributed by atoms with van der Waals surface area (Å²) in [7, 11) is 0. The van der Waals surface area contributed by atoms with E-state index in [1.54, 1.807) is 0 Å². The van der Waals surface area contributed by atoms with Crippen molar-refractivity contribution in [3.63, 3.8) is 0 Å². The molecule has 2 saturated carbocycles. The summed E-state index contributed by atoms with van der Waals surface area (Å²) in [6.45, 7) is 9.44. The highest BCUT2D eigenvalue weighted by Gasteiger charge is 2.62. The predicted octanol–water partition coefficient (Wildman–Crippen LogP) is 3.33. The molecule has 1 atom stereocenters. The summed E-state index contributed by atoms with van der Waals surface area (Å²) in [4.78, 5) is 0. The highest BCUT2D eigenvalue weighted by atomic mass is 14.9. The second-order valence-corrected chi connectivity index (χ2v) is 7.04. The average Bonchev–Trinajstić information content (AvgIpc) is 2.51. The van der Waals surface area contributed by atoms with Crippen LogP contribution in [0.15, 0.2) is 0 Å². The average molecular weight is 195 g/mol. The molecule has 0 aliphatic heterocycles. The zero-order valence-electron chi connectivity index (χ0n) is 10.2. The highest BCUT2D eigenvalue weighted by molar-refractivity contribution is 5.18. The van der Waals surface area contributed by atoms with Crippen molar-refractivity contribution in [2.45, 2.75) is 65.3 Å². The minimum Gasteiger partial charge on any atom is -0.324 e. The van der Waals surface area contributed by atoms with E-state index in [2.05, 4.69) is 27.7 Å². The summed E-state index contributed by atoms with van der Waals surface area (Å²) in [5, 5.41) is 0. The van der Waals surface area contributed by atoms with E-state index < -0.39 is 0 Å². The van der Waals surface area contributed by atoms with Gasteiger partial charge in [-0.05, 0) is 48.9 Å². The molecule has 0 heterocycles. The molecule has 1 nitrogen and oxygen atoms in total. The fourth-order valence-corrected chi connectivity index (χ4v) is 3.30. The van der Waals surface area contributed by atoms with Crippen LogP contribution in [0.4, 0.5) is 0 Å².